The molecule has 0 fully saturated rings. The Morgan fingerprint density at radius 2 is 2.00 bits per heavy atom. The van der Waals surface area contributed by atoms with Gasteiger partial charge < -0.3 is 4.74 Å². The number of hydrogen-bond donors (Lipinski definition) is 0. The van der Waals surface area contributed by atoms with Gasteiger partial charge in [-0.05, 0) is 43.0 Å². The zero-order valence-corrected chi connectivity index (χ0v) is 9.23. The summed E-state index contributed by atoms with van der Waals surface area (Å²) in [6, 6.07) is 10.3. The molecule has 80 valence electrons. The molecule has 1 aromatic heterocycles. The van der Waals surface area contributed by atoms with E-state index in [1.54, 1.807) is 0 Å². The molecule has 2 nitrogen and oxygen atoms in total. The Bertz CT molecular complexity index is 534. The summed E-state index contributed by atoms with van der Waals surface area (Å²) in [6.07, 6.45) is 3.85. The lowest BCUT2D eigenvalue weighted by molar-refractivity contribution is 0.476. The molecule has 0 amide bonds. The summed E-state index contributed by atoms with van der Waals surface area (Å²) in [5.74, 6) is 1.87. The van der Waals surface area contributed by atoms with Crippen molar-refractivity contribution in [3.8, 4) is 11.5 Å². The van der Waals surface area contributed by atoms with Crippen LogP contribution < -0.4 is 4.74 Å². The van der Waals surface area contributed by atoms with E-state index in [9.17, 15) is 0 Å². The number of hydrogen-bond acceptors (Lipinski definition) is 2. The first-order chi connectivity index (χ1) is 7.83. The summed E-state index contributed by atoms with van der Waals surface area (Å²) in [7, 11) is 0. The van der Waals surface area contributed by atoms with E-state index in [-0.39, 0.29) is 0 Å². The maximum atomic E-state index is 5.92. The normalized spacial score (nSPS) is 13.3. The first-order valence-corrected chi connectivity index (χ1v) is 5.54. The Kier molecular flexibility index (Phi) is 2.13. The maximum absolute atomic E-state index is 5.92. The van der Waals surface area contributed by atoms with E-state index in [1.807, 2.05) is 25.3 Å². The highest BCUT2D eigenvalue weighted by Crippen LogP contribution is 2.32. The Morgan fingerprint density at radius 1 is 1.12 bits per heavy atom. The smallest absolute Gasteiger partial charge is 0.149 e. The molecule has 0 aliphatic carbocycles. The number of rotatable bonds is 0. The van der Waals surface area contributed by atoms with E-state index in [1.165, 1.54) is 5.56 Å². The summed E-state index contributed by atoms with van der Waals surface area (Å²) in [5.41, 5.74) is 3.46. The Labute approximate surface area is 94.9 Å². The lowest BCUT2D eigenvalue weighted by atomic mass is 10.1. The number of ether oxygens (including phenoxy) is 1. The SMILES string of the molecule is Cc1cnc2c(c1)Oc1ccccc1CC2. The summed E-state index contributed by atoms with van der Waals surface area (Å²) >= 11 is 0. The number of pyridine rings is 1. The highest BCUT2D eigenvalue weighted by molar-refractivity contribution is 5.43. The molecule has 0 unspecified atom stereocenters. The van der Waals surface area contributed by atoms with E-state index in [0.717, 1.165) is 35.6 Å². The van der Waals surface area contributed by atoms with Crippen LogP contribution in [0.1, 0.15) is 16.8 Å². The minimum Gasteiger partial charge on any atom is -0.455 e. The second-order valence-electron chi connectivity index (χ2n) is 4.17. The van der Waals surface area contributed by atoms with Gasteiger partial charge in [0.05, 0.1) is 5.69 Å². The molecule has 1 aliphatic heterocycles. The predicted molar refractivity (Wildman–Crippen MR) is 62.9 cm³/mol. The number of aromatic nitrogens is 1. The minimum atomic E-state index is 0.907. The lowest BCUT2D eigenvalue weighted by Crippen LogP contribution is -1.93. The third-order valence-corrected chi connectivity index (χ3v) is 2.89. The van der Waals surface area contributed by atoms with Crippen LogP contribution in [0.2, 0.25) is 0 Å². The molecular weight excluding hydrogens is 198 g/mol. The molecule has 1 aromatic carbocycles. The summed E-state index contributed by atoms with van der Waals surface area (Å²) in [4.78, 5) is 4.44. The summed E-state index contributed by atoms with van der Waals surface area (Å²) < 4.78 is 5.92. The lowest BCUT2D eigenvalue weighted by Gasteiger charge is -2.08. The predicted octanol–water partition coefficient (Wildman–Crippen LogP) is 3.28. The first kappa shape index (κ1) is 9.40. The monoisotopic (exact) mass is 211 g/mol. The van der Waals surface area contributed by atoms with E-state index in [4.69, 9.17) is 4.74 Å². The second-order valence-corrected chi connectivity index (χ2v) is 4.17. The van der Waals surface area contributed by atoms with Crippen molar-refractivity contribution in [2.75, 3.05) is 0 Å². The Hall–Kier alpha value is -1.83. The average Bonchev–Trinajstić information content (AvgIpc) is 2.47. The molecule has 0 radical (unpaired) electrons. The average molecular weight is 211 g/mol. The van der Waals surface area contributed by atoms with Crippen molar-refractivity contribution in [1.29, 1.82) is 0 Å². The van der Waals surface area contributed by atoms with E-state index < -0.39 is 0 Å². The quantitative estimate of drug-likeness (QED) is 0.667. The van der Waals surface area contributed by atoms with Crippen LogP contribution in [0.4, 0.5) is 0 Å². The summed E-state index contributed by atoms with van der Waals surface area (Å²) in [6.45, 7) is 2.04. The second kappa shape index (κ2) is 3.63. The topological polar surface area (TPSA) is 22.1 Å². The zero-order chi connectivity index (χ0) is 11.0. The van der Waals surface area contributed by atoms with Gasteiger partial charge in [0.15, 0.2) is 0 Å². The van der Waals surface area contributed by atoms with Crippen molar-refractivity contribution in [2.24, 2.45) is 0 Å². The molecule has 3 rings (SSSR count). The Balaban J connectivity index is 2.10. The number of nitrogens with zero attached hydrogens (tertiary/aromatic N) is 1. The van der Waals surface area contributed by atoms with Crippen molar-refractivity contribution in [2.45, 2.75) is 19.8 Å². The standard InChI is InChI=1S/C14H13NO/c1-10-8-14-12(15-9-10)7-6-11-4-2-3-5-13(11)16-14/h2-5,8-9H,6-7H2,1H3. The first-order valence-electron chi connectivity index (χ1n) is 5.54. The molecule has 2 heterocycles. The molecule has 0 bridgehead atoms. The molecule has 16 heavy (non-hydrogen) atoms. The van der Waals surface area contributed by atoms with Crippen LogP contribution in [-0.4, -0.2) is 4.98 Å². The van der Waals surface area contributed by atoms with Crippen LogP contribution in [0.25, 0.3) is 0 Å². The number of para-hydroxylation sites is 1. The number of fused-ring (bicyclic) bond motifs is 2. The van der Waals surface area contributed by atoms with Gasteiger partial charge in [-0.3, -0.25) is 4.98 Å². The van der Waals surface area contributed by atoms with Crippen molar-refractivity contribution < 1.29 is 4.74 Å². The molecule has 1 aliphatic rings. The third kappa shape index (κ3) is 1.56. The van der Waals surface area contributed by atoms with Crippen LogP contribution >= 0.6 is 0 Å². The molecule has 0 N–H and O–H groups in total. The molecule has 2 aromatic rings. The molecule has 0 atom stereocenters. The highest BCUT2D eigenvalue weighted by atomic mass is 16.5. The fourth-order valence-electron chi connectivity index (χ4n) is 2.03. The molecular formula is C14H13NO. The molecule has 0 saturated heterocycles. The number of benzene rings is 1. The molecule has 2 heteroatoms. The van der Waals surface area contributed by atoms with Crippen LogP contribution in [0.3, 0.4) is 0 Å². The van der Waals surface area contributed by atoms with E-state index in [2.05, 4.69) is 23.2 Å². The third-order valence-electron chi connectivity index (χ3n) is 2.89. The van der Waals surface area contributed by atoms with Crippen LogP contribution in [0, 0.1) is 6.92 Å². The number of aryl methyl sites for hydroxylation is 3. The van der Waals surface area contributed by atoms with E-state index >= 15 is 0 Å². The van der Waals surface area contributed by atoms with Gasteiger partial charge in [-0.2, -0.15) is 0 Å². The van der Waals surface area contributed by atoms with Gasteiger partial charge in [0.25, 0.3) is 0 Å². The van der Waals surface area contributed by atoms with Gasteiger partial charge in [0, 0.05) is 6.20 Å². The van der Waals surface area contributed by atoms with Crippen molar-refractivity contribution in [3.05, 3.63) is 53.3 Å². The van der Waals surface area contributed by atoms with Crippen LogP contribution in [0.15, 0.2) is 36.5 Å². The summed E-state index contributed by atoms with van der Waals surface area (Å²) in [5, 5.41) is 0. The molecule has 0 saturated carbocycles. The van der Waals surface area contributed by atoms with Gasteiger partial charge in [-0.1, -0.05) is 18.2 Å². The fourth-order valence-corrected chi connectivity index (χ4v) is 2.03. The highest BCUT2D eigenvalue weighted by Gasteiger charge is 2.14. The van der Waals surface area contributed by atoms with Crippen LogP contribution in [0.5, 0.6) is 11.5 Å². The Morgan fingerprint density at radius 3 is 2.94 bits per heavy atom. The van der Waals surface area contributed by atoms with E-state index in [0.29, 0.717) is 0 Å². The maximum Gasteiger partial charge on any atom is 0.149 e. The molecule has 0 spiro atoms. The van der Waals surface area contributed by atoms with Gasteiger partial charge in [-0.15, -0.1) is 0 Å². The fraction of sp³-hybridized carbons (Fsp3) is 0.214. The minimum absolute atomic E-state index is 0.907. The van der Waals surface area contributed by atoms with Gasteiger partial charge in [-0.25, -0.2) is 0 Å². The zero-order valence-electron chi connectivity index (χ0n) is 9.23. The van der Waals surface area contributed by atoms with Gasteiger partial charge in [0.2, 0.25) is 0 Å². The van der Waals surface area contributed by atoms with Gasteiger partial charge in [0.1, 0.15) is 11.5 Å². The van der Waals surface area contributed by atoms with Crippen molar-refractivity contribution in [1.82, 2.24) is 4.98 Å². The van der Waals surface area contributed by atoms with Crippen molar-refractivity contribution >= 4 is 0 Å². The van der Waals surface area contributed by atoms with Crippen LogP contribution in [-0.2, 0) is 12.8 Å². The largest absolute Gasteiger partial charge is 0.455 e. The van der Waals surface area contributed by atoms with Crippen molar-refractivity contribution in [3.63, 3.8) is 0 Å². The van der Waals surface area contributed by atoms with Gasteiger partial charge >= 0.3 is 0 Å².